The molecule has 0 bridgehead atoms. The van der Waals surface area contributed by atoms with E-state index >= 15 is 0 Å². The van der Waals surface area contributed by atoms with Crippen LogP contribution in [0.15, 0.2) is 0 Å². The van der Waals surface area contributed by atoms with E-state index in [0.717, 1.165) is 0 Å². The normalized spacial score (nSPS) is 29.8. The largest absolute Gasteiger partial charge is 0.634 e. The lowest BCUT2D eigenvalue weighted by atomic mass is 9.79. The Kier molecular flexibility index (Phi) is 14.7. The topological polar surface area (TPSA) is 195 Å². The molecule has 4 aliphatic rings. The van der Waals surface area contributed by atoms with Crippen LogP contribution in [0.5, 0.6) is 0 Å². The lowest BCUT2D eigenvalue weighted by Crippen LogP contribution is -3.23. The maximum absolute atomic E-state index is 14.8. The SMILES string of the molecule is CON1C(C)(C)CC(OC(=O)C(CC(=O)OC2CC(C)(C)N(O)C(C)(C)C2)C(CC(=O)OC2CC(C)(C)[NH+]([O-])C(C)(C)C2)C(=O)OC2CC(C)(C)N([OH2+])C(C)(C)C2)CC1(C)C. The van der Waals surface area contributed by atoms with Gasteiger partial charge < -0.3 is 44.5 Å². The quantitative estimate of drug-likeness (QED) is 0.116. The molecule has 0 radical (unpaired) electrons. The van der Waals surface area contributed by atoms with Gasteiger partial charge in [-0.15, -0.1) is 0 Å². The van der Waals surface area contributed by atoms with E-state index in [4.69, 9.17) is 29.0 Å². The molecule has 0 aliphatic carbocycles. The van der Waals surface area contributed by atoms with E-state index < -0.39 is 117 Å². The summed E-state index contributed by atoms with van der Waals surface area (Å²) in [6, 6.07) is 0. The molecule has 2 unspecified atom stereocenters. The van der Waals surface area contributed by atoms with Crippen molar-refractivity contribution in [2.45, 2.75) is 244 Å². The summed E-state index contributed by atoms with van der Waals surface area (Å²) in [6.07, 6.45) is -1.13. The van der Waals surface area contributed by atoms with E-state index in [9.17, 15) is 29.6 Å². The van der Waals surface area contributed by atoms with E-state index in [1.54, 1.807) is 7.11 Å². The lowest BCUT2D eigenvalue weighted by Gasteiger charge is -2.54. The van der Waals surface area contributed by atoms with Gasteiger partial charge in [-0.2, -0.15) is 10.1 Å². The zero-order valence-electron chi connectivity index (χ0n) is 40.4. The number of carbonyl (C=O) groups excluding carboxylic acids is 4. The van der Waals surface area contributed by atoms with Crippen molar-refractivity contribution in [2.24, 2.45) is 11.8 Å². The van der Waals surface area contributed by atoms with Crippen LogP contribution in [0.2, 0.25) is 0 Å². The molecule has 0 aromatic heterocycles. The molecule has 4 aliphatic heterocycles. The summed E-state index contributed by atoms with van der Waals surface area (Å²) in [7, 11) is 1.60. The maximum atomic E-state index is 14.8. The van der Waals surface area contributed by atoms with Gasteiger partial charge in [-0.05, 0) is 111 Å². The number of rotatable bonds is 12. The summed E-state index contributed by atoms with van der Waals surface area (Å²) in [4.78, 5) is 63.6. The molecule has 0 aromatic rings. The number of esters is 4. The first-order valence-electron chi connectivity index (χ1n) is 22.2. The van der Waals surface area contributed by atoms with Crippen LogP contribution >= 0.6 is 0 Å². The Balaban J connectivity index is 1.73. The van der Waals surface area contributed by atoms with Gasteiger partial charge in [-0.1, -0.05) is 5.06 Å². The van der Waals surface area contributed by atoms with Crippen molar-refractivity contribution < 1.29 is 58.4 Å². The first kappa shape index (κ1) is 51.2. The second-order valence-electron chi connectivity index (χ2n) is 23.7. The van der Waals surface area contributed by atoms with Crippen molar-refractivity contribution in [2.75, 3.05) is 7.11 Å². The second kappa shape index (κ2) is 17.5. The molecular weight excluding hydrogens is 789 g/mol. The van der Waals surface area contributed by atoms with Gasteiger partial charge in [0.15, 0.2) is 0 Å². The molecule has 2 atom stereocenters. The Labute approximate surface area is 364 Å². The van der Waals surface area contributed by atoms with E-state index in [-0.39, 0.29) is 17.9 Å². The van der Waals surface area contributed by atoms with Gasteiger partial charge in [0, 0.05) is 73.5 Å². The summed E-state index contributed by atoms with van der Waals surface area (Å²) in [5.74, 6) is -6.23. The Hall–Kier alpha value is -2.44. The van der Waals surface area contributed by atoms with Gasteiger partial charge in [0.1, 0.15) is 24.4 Å². The van der Waals surface area contributed by atoms with Crippen molar-refractivity contribution >= 4 is 23.9 Å². The molecule has 16 heteroatoms. The average Bonchev–Trinajstić information content (AvgIpc) is 3.04. The number of hydroxylamine groups is 8. The molecule has 352 valence electrons. The predicted molar refractivity (Wildman–Crippen MR) is 228 cm³/mol. The van der Waals surface area contributed by atoms with Crippen molar-refractivity contribution in [3.63, 3.8) is 0 Å². The Morgan fingerprint density at radius 1 is 0.557 bits per heavy atom. The summed E-state index contributed by atoms with van der Waals surface area (Å²) in [5, 5.41) is 37.6. The molecule has 0 saturated carbocycles. The van der Waals surface area contributed by atoms with E-state index in [0.29, 0.717) is 38.5 Å². The summed E-state index contributed by atoms with van der Waals surface area (Å²) >= 11 is 0. The summed E-state index contributed by atoms with van der Waals surface area (Å²) < 4.78 is 24.7. The summed E-state index contributed by atoms with van der Waals surface area (Å²) in [5.41, 5.74) is -5.47. The molecule has 0 amide bonds. The van der Waals surface area contributed by atoms with Crippen LogP contribution in [0.25, 0.3) is 0 Å². The van der Waals surface area contributed by atoms with Crippen LogP contribution in [0, 0.1) is 17.0 Å². The van der Waals surface area contributed by atoms with Crippen LogP contribution < -0.4 is 5.06 Å². The van der Waals surface area contributed by atoms with Crippen LogP contribution in [0.4, 0.5) is 0 Å². The highest BCUT2D eigenvalue weighted by Crippen LogP contribution is 2.43. The number of nitrogens with zero attached hydrogens (tertiary/aromatic N) is 3. The third-order valence-corrected chi connectivity index (χ3v) is 13.7. The monoisotopic (exact) mass is 870 g/mol. The molecule has 61 heavy (non-hydrogen) atoms. The fraction of sp³-hybridized carbons (Fsp3) is 0.911. The molecule has 4 saturated heterocycles. The van der Waals surface area contributed by atoms with Crippen LogP contribution in [-0.2, 0) is 43.0 Å². The third-order valence-electron chi connectivity index (χ3n) is 13.7. The highest BCUT2D eigenvalue weighted by Gasteiger charge is 2.53. The second-order valence-corrected chi connectivity index (χ2v) is 23.7. The van der Waals surface area contributed by atoms with Gasteiger partial charge in [0.25, 0.3) is 0 Å². The predicted octanol–water partition coefficient (Wildman–Crippen LogP) is 4.93. The van der Waals surface area contributed by atoms with Gasteiger partial charge in [0.05, 0.1) is 53.9 Å². The Bertz CT molecular complexity index is 1550. The molecule has 16 nitrogen and oxygen atoms in total. The van der Waals surface area contributed by atoms with Crippen molar-refractivity contribution in [3.05, 3.63) is 5.21 Å². The van der Waals surface area contributed by atoms with Gasteiger partial charge in [0.2, 0.25) is 0 Å². The Morgan fingerprint density at radius 3 is 1.20 bits per heavy atom. The van der Waals surface area contributed by atoms with Gasteiger partial charge in [-0.25, -0.2) is 0 Å². The van der Waals surface area contributed by atoms with Crippen LogP contribution in [0.1, 0.15) is 175 Å². The highest BCUT2D eigenvalue weighted by atomic mass is 16.7. The molecular formula is C45H81N4O12+. The molecule has 4 N–H and O–H groups in total. The smallest absolute Gasteiger partial charge is 0.310 e. The van der Waals surface area contributed by atoms with Crippen molar-refractivity contribution in [3.8, 4) is 0 Å². The zero-order chi connectivity index (χ0) is 46.7. The Morgan fingerprint density at radius 2 is 0.852 bits per heavy atom. The molecule has 4 heterocycles. The van der Waals surface area contributed by atoms with E-state index in [2.05, 4.69) is 0 Å². The van der Waals surface area contributed by atoms with Crippen molar-refractivity contribution in [1.29, 1.82) is 0 Å². The minimum atomic E-state index is -1.51. The molecule has 0 aromatic carbocycles. The van der Waals surface area contributed by atoms with Gasteiger partial charge in [-0.3, -0.25) is 19.2 Å². The summed E-state index contributed by atoms with van der Waals surface area (Å²) in [6.45, 7) is 30.2. The number of carbonyl (C=O) groups is 4. The standard InChI is InChI=1S/C45H80N4O12/c1-38(2)20-28(21-39(3,4)46(38)54)58-34(50)18-32(36(52)60-30-24-42(9,10)48(56)43(11,12)25-30)33(19-35(51)59-29-22-40(5,6)47(55)41(7,8)23-29)37(53)61-31-26-44(13,14)49(57-17)45(15,16)27-31/h28-33,46,55-56H,18-27H2,1-17H3/p+1. The number of hydrogen-bond acceptors (Lipinski definition) is 14. The van der Waals surface area contributed by atoms with Crippen molar-refractivity contribution in [1.82, 2.24) is 15.2 Å². The molecule has 0 spiro atoms. The highest BCUT2D eigenvalue weighted by molar-refractivity contribution is 5.88. The average molecular weight is 870 g/mol. The first-order chi connectivity index (χ1) is 27.5. The zero-order valence-corrected chi connectivity index (χ0v) is 40.4. The number of nitrogens with one attached hydrogen (secondary N) is 1. The number of hydrogen-bond donors (Lipinski definition) is 2. The van der Waals surface area contributed by atoms with E-state index in [1.165, 1.54) is 10.1 Å². The molecule has 4 rings (SSSR count). The van der Waals surface area contributed by atoms with Crippen LogP contribution in [0.3, 0.4) is 0 Å². The number of piperidine rings is 4. The maximum Gasteiger partial charge on any atom is 0.310 e. The fourth-order valence-electron chi connectivity index (χ4n) is 11.8. The fourth-order valence-corrected chi connectivity index (χ4v) is 11.8. The first-order valence-corrected chi connectivity index (χ1v) is 22.2. The van der Waals surface area contributed by atoms with Crippen LogP contribution in [-0.4, -0.2) is 125 Å². The third kappa shape index (κ3) is 11.6. The number of quaternary nitrogens is 1. The number of ether oxygens (including phenoxy) is 4. The lowest BCUT2D eigenvalue weighted by molar-refractivity contribution is -0.956. The molecule has 4 fully saturated rings. The minimum Gasteiger partial charge on any atom is -0.634 e. The van der Waals surface area contributed by atoms with E-state index in [1.807, 2.05) is 116 Å². The van der Waals surface area contributed by atoms with Gasteiger partial charge >= 0.3 is 23.9 Å². The minimum absolute atomic E-state index is 0.0683.